The van der Waals surface area contributed by atoms with Gasteiger partial charge in [0.2, 0.25) is 10.0 Å². The first-order chi connectivity index (χ1) is 9.31. The van der Waals surface area contributed by atoms with Crippen molar-refractivity contribution in [1.29, 1.82) is 0 Å². The molecule has 0 saturated heterocycles. The Labute approximate surface area is 117 Å². The number of hydrazine groups is 1. The normalized spacial score (nSPS) is 12.9. The maximum absolute atomic E-state index is 12.2. The molecule has 9 heteroatoms. The minimum Gasteiger partial charge on any atom is -0.324 e. The zero-order chi connectivity index (χ0) is 15.3. The fourth-order valence-electron chi connectivity index (χ4n) is 1.44. The maximum atomic E-state index is 12.2. The zero-order valence-electron chi connectivity index (χ0n) is 11.3. The molecule has 8 nitrogen and oxygen atoms in total. The summed E-state index contributed by atoms with van der Waals surface area (Å²) in [6.45, 7) is 4.03. The number of anilines is 1. The summed E-state index contributed by atoms with van der Waals surface area (Å²) >= 11 is 0. The summed E-state index contributed by atoms with van der Waals surface area (Å²) in [5.41, 5.74) is 2.06. The van der Waals surface area contributed by atoms with Crippen LogP contribution in [0.1, 0.15) is 20.3 Å². The average molecular weight is 302 g/mol. The van der Waals surface area contributed by atoms with Crippen LogP contribution in [0.4, 0.5) is 11.4 Å². The van der Waals surface area contributed by atoms with Crippen LogP contribution in [0.5, 0.6) is 0 Å². The van der Waals surface area contributed by atoms with Crippen LogP contribution in [0, 0.1) is 16.0 Å². The molecule has 4 N–H and O–H groups in total. The molecule has 1 aromatic rings. The van der Waals surface area contributed by atoms with Crippen LogP contribution >= 0.6 is 0 Å². The van der Waals surface area contributed by atoms with E-state index in [9.17, 15) is 18.5 Å². The highest BCUT2D eigenvalue weighted by atomic mass is 32.2. The van der Waals surface area contributed by atoms with Gasteiger partial charge in [-0.05, 0) is 18.1 Å². The highest BCUT2D eigenvalue weighted by Gasteiger charge is 2.26. The number of rotatable bonds is 7. The maximum Gasteiger partial charge on any atom is 0.289 e. The van der Waals surface area contributed by atoms with Crippen LogP contribution < -0.4 is 16.0 Å². The number of hydrogen-bond acceptors (Lipinski definition) is 6. The van der Waals surface area contributed by atoms with E-state index < -0.39 is 25.5 Å². The number of nitro groups is 1. The summed E-state index contributed by atoms with van der Waals surface area (Å²) < 4.78 is 26.7. The number of nitrogens with zero attached hydrogens (tertiary/aromatic N) is 1. The van der Waals surface area contributed by atoms with Gasteiger partial charge < -0.3 is 5.43 Å². The molecule has 0 bridgehead atoms. The zero-order valence-corrected chi connectivity index (χ0v) is 12.1. The van der Waals surface area contributed by atoms with Crippen molar-refractivity contribution in [3.05, 3.63) is 28.3 Å². The molecule has 0 aliphatic heterocycles. The van der Waals surface area contributed by atoms with Gasteiger partial charge >= 0.3 is 0 Å². The van der Waals surface area contributed by atoms with Crippen LogP contribution in [0.25, 0.3) is 0 Å². The molecule has 0 aromatic heterocycles. The first kappa shape index (κ1) is 16.3. The minimum absolute atomic E-state index is 0.139. The summed E-state index contributed by atoms with van der Waals surface area (Å²) in [6, 6.07) is 3.58. The monoisotopic (exact) mass is 302 g/mol. The lowest BCUT2D eigenvalue weighted by molar-refractivity contribution is -0.387. The standard InChI is InChI=1S/C11H18N4O4S/c1-3-8(2)7-13-20(18,19)11-6-9(14-12)4-5-10(11)15(16)17/h4-6,8,13-14H,3,7,12H2,1-2H3. The van der Waals surface area contributed by atoms with Crippen LogP contribution in [0.2, 0.25) is 0 Å². The molecular weight excluding hydrogens is 284 g/mol. The molecule has 0 aliphatic rings. The highest BCUT2D eigenvalue weighted by Crippen LogP contribution is 2.26. The third kappa shape index (κ3) is 3.89. The number of nitrogens with two attached hydrogens (primary N) is 1. The summed E-state index contributed by atoms with van der Waals surface area (Å²) in [6.07, 6.45) is 0.801. The number of benzene rings is 1. The predicted octanol–water partition coefficient (Wildman–Crippen LogP) is 1.20. The molecule has 0 amide bonds. The van der Waals surface area contributed by atoms with Gasteiger partial charge in [0, 0.05) is 12.6 Å². The number of nitrogens with one attached hydrogen (secondary N) is 2. The van der Waals surface area contributed by atoms with Gasteiger partial charge in [0.1, 0.15) is 0 Å². The third-order valence-corrected chi connectivity index (χ3v) is 4.38. The van der Waals surface area contributed by atoms with Crippen LogP contribution in [-0.2, 0) is 10.0 Å². The van der Waals surface area contributed by atoms with Gasteiger partial charge in [-0.25, -0.2) is 13.1 Å². The second-order valence-corrected chi connectivity index (χ2v) is 6.18. The summed E-state index contributed by atoms with van der Waals surface area (Å²) in [5, 5.41) is 10.9. The lowest BCUT2D eigenvalue weighted by atomic mass is 10.1. The van der Waals surface area contributed by atoms with Crippen molar-refractivity contribution in [2.45, 2.75) is 25.2 Å². The van der Waals surface area contributed by atoms with E-state index in [0.29, 0.717) is 0 Å². The largest absolute Gasteiger partial charge is 0.324 e. The van der Waals surface area contributed by atoms with E-state index in [2.05, 4.69) is 10.1 Å². The quantitative estimate of drug-likeness (QED) is 0.394. The lowest BCUT2D eigenvalue weighted by Crippen LogP contribution is -2.29. The number of nitrogen functional groups attached to an aromatic ring is 1. The summed E-state index contributed by atoms with van der Waals surface area (Å²) in [5.74, 6) is 5.34. The van der Waals surface area contributed by atoms with Gasteiger partial charge in [-0.3, -0.25) is 16.0 Å². The van der Waals surface area contributed by atoms with Gasteiger partial charge in [-0.2, -0.15) is 0 Å². The topological polar surface area (TPSA) is 127 Å². The fourth-order valence-corrected chi connectivity index (χ4v) is 2.80. The van der Waals surface area contributed by atoms with Gasteiger partial charge in [0.05, 0.1) is 10.6 Å². The molecule has 20 heavy (non-hydrogen) atoms. The van der Waals surface area contributed by atoms with Crippen LogP contribution in [0.3, 0.4) is 0 Å². The van der Waals surface area contributed by atoms with E-state index in [-0.39, 0.29) is 18.2 Å². The van der Waals surface area contributed by atoms with Crippen LogP contribution in [0.15, 0.2) is 23.1 Å². The van der Waals surface area contributed by atoms with E-state index in [1.54, 1.807) is 0 Å². The summed E-state index contributed by atoms with van der Waals surface area (Å²) in [7, 11) is -3.96. The van der Waals surface area contributed by atoms with Crippen molar-refractivity contribution in [1.82, 2.24) is 4.72 Å². The van der Waals surface area contributed by atoms with E-state index in [0.717, 1.165) is 18.6 Å². The van der Waals surface area contributed by atoms with E-state index >= 15 is 0 Å². The van der Waals surface area contributed by atoms with Crippen molar-refractivity contribution in [3.63, 3.8) is 0 Å². The van der Waals surface area contributed by atoms with Crippen LogP contribution in [-0.4, -0.2) is 19.9 Å². The lowest BCUT2D eigenvalue weighted by Gasteiger charge is -2.12. The minimum atomic E-state index is -3.96. The molecule has 112 valence electrons. The molecule has 1 atom stereocenters. The molecule has 0 radical (unpaired) electrons. The molecule has 0 fully saturated rings. The second kappa shape index (κ2) is 6.64. The molecule has 1 rings (SSSR count). The molecule has 1 unspecified atom stereocenters. The fraction of sp³-hybridized carbons (Fsp3) is 0.455. The van der Waals surface area contributed by atoms with E-state index in [4.69, 9.17) is 5.84 Å². The SMILES string of the molecule is CCC(C)CNS(=O)(=O)c1cc(NN)ccc1[N+](=O)[O-]. The second-order valence-electron chi connectivity index (χ2n) is 4.45. The number of hydrogen-bond donors (Lipinski definition) is 3. The average Bonchev–Trinajstić information content (AvgIpc) is 2.43. The van der Waals surface area contributed by atoms with Gasteiger partial charge in [0.25, 0.3) is 5.69 Å². The van der Waals surface area contributed by atoms with Gasteiger partial charge in [0.15, 0.2) is 4.90 Å². The van der Waals surface area contributed by atoms with E-state index in [1.807, 2.05) is 13.8 Å². The highest BCUT2D eigenvalue weighted by molar-refractivity contribution is 7.89. The molecule has 0 heterocycles. The van der Waals surface area contributed by atoms with Crippen molar-refractivity contribution in [3.8, 4) is 0 Å². The van der Waals surface area contributed by atoms with Crippen molar-refractivity contribution >= 4 is 21.4 Å². The Morgan fingerprint density at radius 1 is 1.45 bits per heavy atom. The first-order valence-electron chi connectivity index (χ1n) is 6.06. The number of sulfonamides is 1. The smallest absolute Gasteiger partial charge is 0.289 e. The van der Waals surface area contributed by atoms with E-state index in [1.165, 1.54) is 6.07 Å². The van der Waals surface area contributed by atoms with Gasteiger partial charge in [-0.1, -0.05) is 20.3 Å². The van der Waals surface area contributed by atoms with Crippen molar-refractivity contribution in [2.75, 3.05) is 12.0 Å². The predicted molar refractivity (Wildman–Crippen MR) is 75.6 cm³/mol. The van der Waals surface area contributed by atoms with Crippen molar-refractivity contribution < 1.29 is 13.3 Å². The Balaban J connectivity index is 3.18. The molecule has 0 aliphatic carbocycles. The summed E-state index contributed by atoms with van der Waals surface area (Å²) in [4.78, 5) is 9.78. The molecule has 0 saturated carbocycles. The van der Waals surface area contributed by atoms with Gasteiger partial charge in [-0.15, -0.1) is 0 Å². The number of nitro benzene ring substituents is 1. The first-order valence-corrected chi connectivity index (χ1v) is 7.54. The molecule has 0 spiro atoms. The molecule has 1 aromatic carbocycles. The van der Waals surface area contributed by atoms with Crippen molar-refractivity contribution in [2.24, 2.45) is 11.8 Å². The Kier molecular flexibility index (Phi) is 5.43. The molecular formula is C11H18N4O4S. The third-order valence-electron chi connectivity index (χ3n) is 2.93. The Morgan fingerprint density at radius 3 is 2.60 bits per heavy atom. The Hall–Kier alpha value is -1.71. The Bertz CT molecular complexity index is 588. The Morgan fingerprint density at radius 2 is 2.10 bits per heavy atom.